The van der Waals surface area contributed by atoms with E-state index in [1.54, 1.807) is 12.1 Å². The van der Waals surface area contributed by atoms with E-state index in [1.807, 2.05) is 5.38 Å². The number of amides is 1. The summed E-state index contributed by atoms with van der Waals surface area (Å²) < 4.78 is 0. The Morgan fingerprint density at radius 1 is 1.16 bits per heavy atom. The highest BCUT2D eigenvalue weighted by molar-refractivity contribution is 7.14. The largest absolute Gasteiger partial charge is 0.302 e. The molecular formula is C18H23N3O3S. The molecule has 0 unspecified atom stereocenters. The highest BCUT2D eigenvalue weighted by Gasteiger charge is 2.10. The number of nitrogens with zero attached hydrogens (tertiary/aromatic N) is 2. The topological polar surface area (TPSA) is 85.1 Å². The van der Waals surface area contributed by atoms with Gasteiger partial charge in [-0.15, -0.1) is 11.3 Å². The molecule has 0 saturated carbocycles. The SMILES string of the molecule is CCCCCCCCC(=O)Nc1nc(-c2ccc([N+](=O)[O-])cc2)cs1. The maximum absolute atomic E-state index is 11.9. The van der Waals surface area contributed by atoms with Gasteiger partial charge in [0.25, 0.3) is 5.69 Å². The van der Waals surface area contributed by atoms with Crippen molar-refractivity contribution in [2.45, 2.75) is 51.9 Å². The average Bonchev–Trinajstić information content (AvgIpc) is 3.06. The van der Waals surface area contributed by atoms with Crippen molar-refractivity contribution >= 4 is 28.1 Å². The molecular weight excluding hydrogens is 338 g/mol. The van der Waals surface area contributed by atoms with Gasteiger partial charge in [-0.2, -0.15) is 0 Å². The smallest absolute Gasteiger partial charge is 0.269 e. The predicted molar refractivity (Wildman–Crippen MR) is 101 cm³/mol. The van der Waals surface area contributed by atoms with Crippen molar-refractivity contribution in [2.75, 3.05) is 5.32 Å². The molecule has 0 aliphatic heterocycles. The fourth-order valence-electron chi connectivity index (χ4n) is 2.47. The number of nitro groups is 1. The fraction of sp³-hybridized carbons (Fsp3) is 0.444. The van der Waals surface area contributed by atoms with Crippen LogP contribution in [0.2, 0.25) is 0 Å². The number of unbranched alkanes of at least 4 members (excludes halogenated alkanes) is 5. The normalized spacial score (nSPS) is 10.6. The van der Waals surface area contributed by atoms with Gasteiger partial charge in [0.05, 0.1) is 10.6 Å². The summed E-state index contributed by atoms with van der Waals surface area (Å²) in [5.41, 5.74) is 1.54. The second kappa shape index (κ2) is 9.88. The van der Waals surface area contributed by atoms with Gasteiger partial charge in [-0.1, -0.05) is 39.0 Å². The molecule has 134 valence electrons. The first-order valence-electron chi connectivity index (χ1n) is 8.60. The lowest BCUT2D eigenvalue weighted by molar-refractivity contribution is -0.384. The Kier molecular flexibility index (Phi) is 7.53. The Morgan fingerprint density at radius 3 is 2.52 bits per heavy atom. The fourth-order valence-corrected chi connectivity index (χ4v) is 3.20. The molecule has 0 fully saturated rings. The molecule has 0 saturated heterocycles. The maximum Gasteiger partial charge on any atom is 0.269 e. The van der Waals surface area contributed by atoms with Crippen LogP contribution in [0.1, 0.15) is 51.9 Å². The number of carbonyl (C=O) groups excluding carboxylic acids is 1. The first-order valence-corrected chi connectivity index (χ1v) is 9.48. The van der Waals surface area contributed by atoms with E-state index in [9.17, 15) is 14.9 Å². The van der Waals surface area contributed by atoms with E-state index in [-0.39, 0.29) is 11.6 Å². The molecule has 7 heteroatoms. The Balaban J connectivity index is 1.80. The highest BCUT2D eigenvalue weighted by Crippen LogP contribution is 2.26. The lowest BCUT2D eigenvalue weighted by Crippen LogP contribution is -2.10. The lowest BCUT2D eigenvalue weighted by Gasteiger charge is -2.02. The Bertz CT molecular complexity index is 698. The molecule has 1 heterocycles. The van der Waals surface area contributed by atoms with Gasteiger partial charge < -0.3 is 5.32 Å². The van der Waals surface area contributed by atoms with Crippen molar-refractivity contribution in [1.82, 2.24) is 4.98 Å². The minimum absolute atomic E-state index is 0.0138. The van der Waals surface area contributed by atoms with E-state index in [4.69, 9.17) is 0 Å². The van der Waals surface area contributed by atoms with Crippen molar-refractivity contribution in [2.24, 2.45) is 0 Å². The van der Waals surface area contributed by atoms with Crippen LogP contribution in [-0.4, -0.2) is 15.8 Å². The summed E-state index contributed by atoms with van der Waals surface area (Å²) in [7, 11) is 0. The Labute approximate surface area is 151 Å². The van der Waals surface area contributed by atoms with Gasteiger partial charge in [0.1, 0.15) is 0 Å². The number of anilines is 1. The summed E-state index contributed by atoms with van der Waals surface area (Å²) in [6.07, 6.45) is 7.40. The molecule has 0 aliphatic carbocycles. The van der Waals surface area contributed by atoms with Crippen molar-refractivity contribution in [1.29, 1.82) is 0 Å². The third-order valence-electron chi connectivity index (χ3n) is 3.88. The summed E-state index contributed by atoms with van der Waals surface area (Å²) in [4.78, 5) is 26.6. The summed E-state index contributed by atoms with van der Waals surface area (Å²) in [6, 6.07) is 6.22. The molecule has 1 aromatic carbocycles. The quantitative estimate of drug-likeness (QED) is 0.348. The van der Waals surface area contributed by atoms with E-state index < -0.39 is 4.92 Å². The summed E-state index contributed by atoms with van der Waals surface area (Å²) in [5, 5.41) is 15.9. The number of rotatable bonds is 10. The molecule has 0 aliphatic rings. The zero-order valence-electron chi connectivity index (χ0n) is 14.4. The summed E-state index contributed by atoms with van der Waals surface area (Å²) in [5.74, 6) is -0.0138. The zero-order chi connectivity index (χ0) is 18.1. The van der Waals surface area contributed by atoms with Crippen LogP contribution >= 0.6 is 11.3 Å². The number of benzene rings is 1. The third kappa shape index (κ3) is 6.26. The van der Waals surface area contributed by atoms with E-state index in [2.05, 4.69) is 17.2 Å². The van der Waals surface area contributed by atoms with E-state index in [0.717, 1.165) is 18.4 Å². The Hall–Kier alpha value is -2.28. The van der Waals surface area contributed by atoms with Gasteiger partial charge in [0.2, 0.25) is 5.91 Å². The third-order valence-corrected chi connectivity index (χ3v) is 4.64. The minimum Gasteiger partial charge on any atom is -0.302 e. The van der Waals surface area contributed by atoms with Gasteiger partial charge in [-0.05, 0) is 18.6 Å². The van der Waals surface area contributed by atoms with Crippen LogP contribution in [0.15, 0.2) is 29.6 Å². The van der Waals surface area contributed by atoms with Crippen LogP contribution in [0.25, 0.3) is 11.3 Å². The van der Waals surface area contributed by atoms with E-state index >= 15 is 0 Å². The van der Waals surface area contributed by atoms with Gasteiger partial charge >= 0.3 is 0 Å². The van der Waals surface area contributed by atoms with Gasteiger partial charge in [-0.3, -0.25) is 14.9 Å². The zero-order valence-corrected chi connectivity index (χ0v) is 15.2. The van der Waals surface area contributed by atoms with Crippen molar-refractivity contribution in [3.05, 3.63) is 39.8 Å². The molecule has 1 N–H and O–H groups in total. The van der Waals surface area contributed by atoms with Crippen LogP contribution < -0.4 is 5.32 Å². The van der Waals surface area contributed by atoms with Crippen molar-refractivity contribution in [3.8, 4) is 11.3 Å². The van der Waals surface area contributed by atoms with Crippen LogP contribution in [0.5, 0.6) is 0 Å². The molecule has 2 aromatic rings. The van der Waals surface area contributed by atoms with Crippen LogP contribution in [0, 0.1) is 10.1 Å². The first-order chi connectivity index (χ1) is 12.1. The number of nitrogens with one attached hydrogen (secondary N) is 1. The number of hydrogen-bond donors (Lipinski definition) is 1. The standard InChI is InChI=1S/C18H23N3O3S/c1-2-3-4-5-6-7-8-17(22)20-18-19-16(13-25-18)14-9-11-15(12-10-14)21(23)24/h9-13H,2-8H2,1H3,(H,19,20,22). The second-order valence-corrected chi connectivity index (χ2v) is 6.77. The molecule has 6 nitrogen and oxygen atoms in total. The van der Waals surface area contributed by atoms with Crippen LogP contribution in [0.4, 0.5) is 10.8 Å². The summed E-state index contributed by atoms with van der Waals surface area (Å²) in [6.45, 7) is 2.19. The molecule has 25 heavy (non-hydrogen) atoms. The second-order valence-electron chi connectivity index (χ2n) is 5.91. The van der Waals surface area contributed by atoms with Gasteiger partial charge in [0, 0.05) is 29.5 Å². The van der Waals surface area contributed by atoms with Crippen molar-refractivity contribution in [3.63, 3.8) is 0 Å². The number of aromatic nitrogens is 1. The average molecular weight is 361 g/mol. The molecule has 1 aromatic heterocycles. The predicted octanol–water partition coefficient (Wildman–Crippen LogP) is 5.41. The molecule has 1 amide bonds. The van der Waals surface area contributed by atoms with Crippen LogP contribution in [-0.2, 0) is 4.79 Å². The molecule has 2 rings (SSSR count). The monoisotopic (exact) mass is 361 g/mol. The number of thiazole rings is 1. The van der Waals surface area contributed by atoms with Crippen LogP contribution in [0.3, 0.4) is 0 Å². The Morgan fingerprint density at radius 2 is 1.84 bits per heavy atom. The number of non-ortho nitro benzene ring substituents is 1. The van der Waals surface area contributed by atoms with E-state index in [1.165, 1.54) is 49.2 Å². The first kappa shape index (κ1) is 19.1. The molecule has 0 radical (unpaired) electrons. The lowest BCUT2D eigenvalue weighted by atomic mass is 10.1. The number of hydrogen-bond acceptors (Lipinski definition) is 5. The molecule has 0 bridgehead atoms. The van der Waals surface area contributed by atoms with Gasteiger partial charge in [-0.25, -0.2) is 4.98 Å². The minimum atomic E-state index is -0.432. The highest BCUT2D eigenvalue weighted by atomic mass is 32.1. The maximum atomic E-state index is 11.9. The number of carbonyl (C=O) groups is 1. The molecule has 0 atom stereocenters. The number of nitro benzene ring substituents is 1. The van der Waals surface area contributed by atoms with Crippen molar-refractivity contribution < 1.29 is 9.72 Å². The summed E-state index contributed by atoms with van der Waals surface area (Å²) >= 11 is 1.36. The van der Waals surface area contributed by atoms with E-state index in [0.29, 0.717) is 17.2 Å². The van der Waals surface area contributed by atoms with Gasteiger partial charge in [0.15, 0.2) is 5.13 Å². The molecule has 0 spiro atoms.